The molecule has 2 aromatic rings. The van der Waals surface area contributed by atoms with Crippen LogP contribution >= 0.6 is 0 Å². The zero-order valence-electron chi connectivity index (χ0n) is 18.2. The standard InChI is InChI=1S/C23H31N5O3/c1-30-19-8-6-17(7-9-19)22-15-28-21(16-31-22)20(24-25-28)14-26-10-12-27(13-11-26)23(29)18-4-2-3-5-18/h6-9,18,22H,2-5,10-16H2,1H3. The maximum atomic E-state index is 12.7. The van der Waals surface area contributed by atoms with Crippen LogP contribution in [0.25, 0.3) is 0 Å². The van der Waals surface area contributed by atoms with Gasteiger partial charge in [-0.25, -0.2) is 4.68 Å². The minimum Gasteiger partial charge on any atom is -0.497 e. The monoisotopic (exact) mass is 425 g/mol. The van der Waals surface area contributed by atoms with Gasteiger partial charge in [-0.1, -0.05) is 30.2 Å². The molecule has 0 spiro atoms. The van der Waals surface area contributed by atoms with Crippen molar-refractivity contribution in [3.8, 4) is 5.75 Å². The lowest BCUT2D eigenvalue weighted by Crippen LogP contribution is -2.49. The van der Waals surface area contributed by atoms with Gasteiger partial charge in [-0.2, -0.15) is 0 Å². The number of carbonyl (C=O) groups is 1. The second-order valence-corrected chi connectivity index (χ2v) is 8.82. The van der Waals surface area contributed by atoms with Crippen LogP contribution in [-0.4, -0.2) is 64.0 Å². The first-order chi connectivity index (χ1) is 15.2. The molecule has 1 unspecified atom stereocenters. The third kappa shape index (κ3) is 4.32. The molecule has 8 nitrogen and oxygen atoms in total. The normalized spacial score (nSPS) is 22.5. The van der Waals surface area contributed by atoms with Crippen LogP contribution in [-0.2, 0) is 29.2 Å². The number of aromatic nitrogens is 3. The molecule has 3 aliphatic rings. The number of nitrogens with zero attached hydrogens (tertiary/aromatic N) is 5. The molecule has 1 saturated heterocycles. The fraction of sp³-hybridized carbons (Fsp3) is 0.609. The number of hydrogen-bond donors (Lipinski definition) is 0. The van der Waals surface area contributed by atoms with Gasteiger partial charge < -0.3 is 14.4 Å². The minimum atomic E-state index is -0.0295. The van der Waals surface area contributed by atoms with E-state index in [1.807, 2.05) is 28.9 Å². The molecular formula is C23H31N5O3. The first-order valence-electron chi connectivity index (χ1n) is 11.4. The van der Waals surface area contributed by atoms with Crippen LogP contribution in [0.2, 0.25) is 0 Å². The van der Waals surface area contributed by atoms with E-state index in [0.717, 1.165) is 68.3 Å². The number of piperazine rings is 1. The fourth-order valence-electron chi connectivity index (χ4n) is 4.97. The van der Waals surface area contributed by atoms with Gasteiger partial charge in [0, 0.05) is 38.6 Å². The van der Waals surface area contributed by atoms with Crippen molar-refractivity contribution < 1.29 is 14.3 Å². The van der Waals surface area contributed by atoms with Gasteiger partial charge in [-0.05, 0) is 30.5 Å². The highest BCUT2D eigenvalue weighted by Gasteiger charge is 2.30. The molecular weight excluding hydrogens is 394 g/mol. The smallest absolute Gasteiger partial charge is 0.225 e. The molecule has 3 heterocycles. The van der Waals surface area contributed by atoms with Crippen LogP contribution in [0.4, 0.5) is 0 Å². The van der Waals surface area contributed by atoms with E-state index in [1.54, 1.807) is 7.11 Å². The molecule has 0 bridgehead atoms. The van der Waals surface area contributed by atoms with Crippen molar-refractivity contribution >= 4 is 5.91 Å². The largest absolute Gasteiger partial charge is 0.497 e. The van der Waals surface area contributed by atoms with Crippen molar-refractivity contribution in [3.05, 3.63) is 41.2 Å². The van der Waals surface area contributed by atoms with Crippen LogP contribution in [0, 0.1) is 5.92 Å². The van der Waals surface area contributed by atoms with E-state index in [4.69, 9.17) is 9.47 Å². The predicted molar refractivity (Wildman–Crippen MR) is 114 cm³/mol. The summed E-state index contributed by atoms with van der Waals surface area (Å²) in [6, 6.07) is 7.99. The van der Waals surface area contributed by atoms with Crippen molar-refractivity contribution in [2.24, 2.45) is 5.92 Å². The number of hydrogen-bond acceptors (Lipinski definition) is 6. The van der Waals surface area contributed by atoms with Crippen molar-refractivity contribution in [1.29, 1.82) is 0 Å². The van der Waals surface area contributed by atoms with E-state index in [0.29, 0.717) is 19.1 Å². The molecule has 166 valence electrons. The summed E-state index contributed by atoms with van der Waals surface area (Å²) < 4.78 is 13.4. The lowest BCUT2D eigenvalue weighted by molar-refractivity contribution is -0.137. The summed E-state index contributed by atoms with van der Waals surface area (Å²) in [7, 11) is 1.67. The zero-order chi connectivity index (χ0) is 21.2. The number of benzene rings is 1. The summed E-state index contributed by atoms with van der Waals surface area (Å²) in [6.45, 7) is 5.35. The van der Waals surface area contributed by atoms with Crippen molar-refractivity contribution in [2.45, 2.75) is 51.5 Å². The molecule has 1 aromatic heterocycles. The number of methoxy groups -OCH3 is 1. The zero-order valence-corrected chi connectivity index (χ0v) is 18.2. The Balaban J connectivity index is 1.16. The van der Waals surface area contributed by atoms with Crippen molar-refractivity contribution in [2.75, 3.05) is 33.3 Å². The van der Waals surface area contributed by atoms with E-state index in [-0.39, 0.29) is 12.0 Å². The van der Waals surface area contributed by atoms with Crippen molar-refractivity contribution in [3.63, 3.8) is 0 Å². The highest BCUT2D eigenvalue weighted by molar-refractivity contribution is 5.79. The van der Waals surface area contributed by atoms with Crippen LogP contribution < -0.4 is 4.74 Å². The molecule has 2 fully saturated rings. The molecule has 1 atom stereocenters. The molecule has 0 N–H and O–H groups in total. The summed E-state index contributed by atoms with van der Waals surface area (Å²) in [6.07, 6.45) is 4.52. The second-order valence-electron chi connectivity index (χ2n) is 8.82. The van der Waals surface area contributed by atoms with Gasteiger partial charge in [0.1, 0.15) is 17.5 Å². The van der Waals surface area contributed by atoms with E-state index in [2.05, 4.69) is 20.1 Å². The maximum absolute atomic E-state index is 12.7. The molecule has 0 radical (unpaired) electrons. The van der Waals surface area contributed by atoms with E-state index >= 15 is 0 Å². The first-order valence-corrected chi connectivity index (χ1v) is 11.4. The Morgan fingerprint density at radius 3 is 2.58 bits per heavy atom. The topological polar surface area (TPSA) is 72.7 Å². The highest BCUT2D eigenvalue weighted by atomic mass is 16.5. The average molecular weight is 426 g/mol. The molecule has 1 amide bonds. The highest BCUT2D eigenvalue weighted by Crippen LogP contribution is 2.29. The van der Waals surface area contributed by atoms with Gasteiger partial charge in [0.25, 0.3) is 0 Å². The van der Waals surface area contributed by atoms with Crippen LogP contribution in [0.1, 0.15) is 48.7 Å². The van der Waals surface area contributed by atoms with Gasteiger partial charge in [-0.15, -0.1) is 5.10 Å². The van der Waals surface area contributed by atoms with E-state index in [9.17, 15) is 4.79 Å². The van der Waals surface area contributed by atoms with Gasteiger partial charge in [-0.3, -0.25) is 9.69 Å². The molecule has 1 aliphatic carbocycles. The van der Waals surface area contributed by atoms with Crippen molar-refractivity contribution in [1.82, 2.24) is 24.8 Å². The van der Waals surface area contributed by atoms with Gasteiger partial charge in [0.05, 0.1) is 26.0 Å². The summed E-state index contributed by atoms with van der Waals surface area (Å²) >= 11 is 0. The quantitative estimate of drug-likeness (QED) is 0.733. The first kappa shape index (κ1) is 20.5. The Morgan fingerprint density at radius 1 is 1.13 bits per heavy atom. The van der Waals surface area contributed by atoms with Gasteiger partial charge in [0.15, 0.2) is 0 Å². The lowest BCUT2D eigenvalue weighted by atomic mass is 10.1. The molecule has 8 heteroatoms. The van der Waals surface area contributed by atoms with E-state index in [1.165, 1.54) is 12.8 Å². The average Bonchev–Trinajstić information content (AvgIpc) is 3.50. The molecule has 5 rings (SSSR count). The predicted octanol–water partition coefficient (Wildman–Crippen LogP) is 2.39. The molecule has 31 heavy (non-hydrogen) atoms. The Kier molecular flexibility index (Phi) is 5.91. The van der Waals surface area contributed by atoms with E-state index < -0.39 is 0 Å². The Labute approximate surface area is 183 Å². The number of rotatable bonds is 5. The Bertz CT molecular complexity index is 898. The molecule has 1 aromatic carbocycles. The second kappa shape index (κ2) is 8.96. The third-order valence-corrected chi connectivity index (χ3v) is 6.93. The molecule has 2 aliphatic heterocycles. The van der Waals surface area contributed by atoms with Crippen LogP contribution in [0.15, 0.2) is 24.3 Å². The number of fused-ring (bicyclic) bond motifs is 1. The molecule has 1 saturated carbocycles. The van der Waals surface area contributed by atoms with Gasteiger partial charge in [0.2, 0.25) is 5.91 Å². The number of carbonyl (C=O) groups excluding carboxylic acids is 1. The lowest BCUT2D eigenvalue weighted by Gasteiger charge is -2.35. The Hall–Kier alpha value is -2.45. The maximum Gasteiger partial charge on any atom is 0.225 e. The fourth-order valence-corrected chi connectivity index (χ4v) is 4.97. The minimum absolute atomic E-state index is 0.0295. The van der Waals surface area contributed by atoms with Gasteiger partial charge >= 0.3 is 0 Å². The summed E-state index contributed by atoms with van der Waals surface area (Å²) in [5.74, 6) is 1.48. The summed E-state index contributed by atoms with van der Waals surface area (Å²) in [4.78, 5) is 17.1. The Morgan fingerprint density at radius 2 is 1.87 bits per heavy atom. The third-order valence-electron chi connectivity index (χ3n) is 6.93. The summed E-state index contributed by atoms with van der Waals surface area (Å²) in [5, 5.41) is 8.85. The SMILES string of the molecule is COc1ccc(C2Cn3nnc(CN4CCN(C(=O)C5CCCC5)CC4)c3CO2)cc1. The summed E-state index contributed by atoms with van der Waals surface area (Å²) in [5.41, 5.74) is 3.17. The van der Waals surface area contributed by atoms with Crippen LogP contribution in [0.5, 0.6) is 5.75 Å². The number of amides is 1. The van der Waals surface area contributed by atoms with Crippen LogP contribution in [0.3, 0.4) is 0 Å². The number of ether oxygens (including phenoxy) is 2.